The Balaban J connectivity index is 1.03. The van der Waals surface area contributed by atoms with Crippen molar-refractivity contribution < 1.29 is 28.9 Å². The van der Waals surface area contributed by atoms with Gasteiger partial charge in [-0.15, -0.1) is 0 Å². The van der Waals surface area contributed by atoms with Crippen molar-refractivity contribution in [3.05, 3.63) is 89.0 Å². The van der Waals surface area contributed by atoms with E-state index in [0.29, 0.717) is 49.1 Å². The van der Waals surface area contributed by atoms with E-state index in [1.807, 2.05) is 24.3 Å². The van der Waals surface area contributed by atoms with E-state index in [1.165, 1.54) is 49.8 Å². The summed E-state index contributed by atoms with van der Waals surface area (Å²) in [6.07, 6.45) is 15.6. The van der Waals surface area contributed by atoms with Gasteiger partial charge in [-0.05, 0) is 110 Å². The van der Waals surface area contributed by atoms with Crippen LogP contribution in [0.4, 0.5) is 11.4 Å². The van der Waals surface area contributed by atoms with Crippen LogP contribution in [0.2, 0.25) is 0 Å². The second-order valence-electron chi connectivity index (χ2n) is 12.0. The molecule has 0 aliphatic heterocycles. The zero-order valence-electron chi connectivity index (χ0n) is 26.8. The summed E-state index contributed by atoms with van der Waals surface area (Å²) in [5, 5.41) is 9.42. The number of aromatic carboxylic acids is 1. The molecule has 3 aromatic carbocycles. The van der Waals surface area contributed by atoms with Crippen LogP contribution in [0.5, 0.6) is 11.5 Å². The number of anilines is 2. The average Bonchev–Trinajstić information content (AvgIpc) is 3.06. The van der Waals surface area contributed by atoms with Gasteiger partial charge >= 0.3 is 11.9 Å². The van der Waals surface area contributed by atoms with Crippen LogP contribution in [0.1, 0.15) is 104 Å². The molecule has 0 bridgehead atoms. The molecule has 0 unspecified atom stereocenters. The Bertz CT molecular complexity index is 1410. The topological polar surface area (TPSA) is 134 Å². The molecule has 8 heteroatoms. The molecule has 3 aromatic rings. The van der Waals surface area contributed by atoms with E-state index in [2.05, 4.69) is 24.3 Å². The Hall–Kier alpha value is -4.46. The Morgan fingerprint density at radius 2 is 1.37 bits per heavy atom. The van der Waals surface area contributed by atoms with Crippen molar-refractivity contribution in [2.24, 2.45) is 0 Å². The molecule has 0 aromatic heterocycles. The fourth-order valence-electron chi connectivity index (χ4n) is 5.86. The molecule has 4 rings (SSSR count). The van der Waals surface area contributed by atoms with Crippen molar-refractivity contribution in [2.75, 3.05) is 31.3 Å². The van der Waals surface area contributed by atoms with Crippen LogP contribution in [0.3, 0.4) is 0 Å². The van der Waals surface area contributed by atoms with E-state index in [9.17, 15) is 14.7 Å². The average molecular weight is 629 g/mol. The van der Waals surface area contributed by atoms with E-state index in [-0.39, 0.29) is 11.5 Å². The smallest absolute Gasteiger partial charge is 0.336 e. The number of carbonyl (C=O) groups excluding carboxylic acids is 1. The van der Waals surface area contributed by atoms with Gasteiger partial charge in [-0.3, -0.25) is 0 Å². The van der Waals surface area contributed by atoms with Gasteiger partial charge in [0.25, 0.3) is 0 Å². The third kappa shape index (κ3) is 11.5. The Labute approximate surface area is 272 Å². The number of carboxylic acids is 1. The number of unbranched alkanes of at least 4 members (excludes halogenated alkanes) is 4. The van der Waals surface area contributed by atoms with Crippen LogP contribution in [0, 0.1) is 0 Å². The number of nitrogens with two attached hydrogens (primary N) is 2. The minimum Gasteiger partial charge on any atom is -0.494 e. The molecule has 8 nitrogen and oxygen atoms in total. The highest BCUT2D eigenvalue weighted by atomic mass is 16.5. The quantitative estimate of drug-likeness (QED) is 0.0555. The maximum Gasteiger partial charge on any atom is 0.336 e. The first-order valence-corrected chi connectivity index (χ1v) is 16.6. The summed E-state index contributed by atoms with van der Waals surface area (Å²) in [5.74, 6) is 0.983. The molecule has 246 valence electrons. The van der Waals surface area contributed by atoms with Crippen molar-refractivity contribution in [2.45, 2.75) is 83.0 Å². The highest BCUT2D eigenvalue weighted by Gasteiger charge is 2.15. The molecule has 0 radical (unpaired) electrons. The Morgan fingerprint density at radius 3 is 2.04 bits per heavy atom. The van der Waals surface area contributed by atoms with Crippen molar-refractivity contribution >= 4 is 29.4 Å². The highest BCUT2D eigenvalue weighted by Crippen LogP contribution is 2.33. The van der Waals surface area contributed by atoms with E-state index in [0.717, 1.165) is 55.6 Å². The molecule has 1 saturated carbocycles. The van der Waals surface area contributed by atoms with Crippen LogP contribution in [0.15, 0.2) is 66.7 Å². The number of carbonyl (C=O) groups is 2. The van der Waals surface area contributed by atoms with Gasteiger partial charge in [-0.2, -0.15) is 0 Å². The molecule has 1 aliphatic rings. The zero-order valence-corrected chi connectivity index (χ0v) is 26.8. The Morgan fingerprint density at radius 1 is 0.761 bits per heavy atom. The third-order valence-corrected chi connectivity index (χ3v) is 8.43. The molecule has 0 saturated heterocycles. The second kappa shape index (κ2) is 18.5. The van der Waals surface area contributed by atoms with Gasteiger partial charge in [0.2, 0.25) is 0 Å². The summed E-state index contributed by atoms with van der Waals surface area (Å²) < 4.78 is 17.0. The molecule has 0 amide bonds. The predicted octanol–water partition coefficient (Wildman–Crippen LogP) is 8.19. The van der Waals surface area contributed by atoms with E-state index >= 15 is 0 Å². The van der Waals surface area contributed by atoms with Crippen molar-refractivity contribution in [1.29, 1.82) is 0 Å². The molecule has 1 fully saturated rings. The van der Waals surface area contributed by atoms with Gasteiger partial charge in [0, 0.05) is 17.5 Å². The molecular weight excluding hydrogens is 580 g/mol. The first-order valence-electron chi connectivity index (χ1n) is 16.6. The largest absolute Gasteiger partial charge is 0.494 e. The number of hydrogen-bond acceptors (Lipinski definition) is 7. The molecule has 0 spiro atoms. The predicted molar refractivity (Wildman–Crippen MR) is 183 cm³/mol. The summed E-state index contributed by atoms with van der Waals surface area (Å²) in [6, 6.07) is 19.2. The molecule has 0 heterocycles. The maximum absolute atomic E-state index is 12.1. The Kier molecular flexibility index (Phi) is 13.8. The van der Waals surface area contributed by atoms with Crippen LogP contribution in [-0.4, -0.2) is 36.9 Å². The minimum absolute atomic E-state index is 0.179. The van der Waals surface area contributed by atoms with Gasteiger partial charge in [-0.25, -0.2) is 9.59 Å². The summed E-state index contributed by atoms with van der Waals surface area (Å²) in [5.41, 5.74) is 15.7. The van der Waals surface area contributed by atoms with Crippen molar-refractivity contribution in [3.8, 4) is 11.5 Å². The van der Waals surface area contributed by atoms with E-state index < -0.39 is 5.97 Å². The van der Waals surface area contributed by atoms with Crippen molar-refractivity contribution in [3.63, 3.8) is 0 Å². The number of hydrogen-bond donors (Lipinski definition) is 3. The lowest BCUT2D eigenvalue weighted by Crippen LogP contribution is -2.08. The molecular formula is C38H48N2O6. The standard InChI is InChI=1S/C38H48N2O6/c39-31-26-35(38(42)43)34(36(40)27-31)12-6-1-2-7-23-44-32-18-13-28(14-19-32)15-22-37(41)46-25-9-8-24-45-33-20-16-30(17-21-33)29-10-4-3-5-11-29/h13-22,26-27,29H,1-12,23-25,39-40H2,(H,42,43)/b22-15+. The number of benzene rings is 3. The monoisotopic (exact) mass is 628 g/mol. The molecule has 1 aliphatic carbocycles. The number of esters is 1. The normalized spacial score (nSPS) is 13.5. The summed E-state index contributed by atoms with van der Waals surface area (Å²) in [7, 11) is 0. The highest BCUT2D eigenvalue weighted by molar-refractivity contribution is 5.92. The van der Waals surface area contributed by atoms with Gasteiger partial charge in [-0.1, -0.05) is 56.4 Å². The van der Waals surface area contributed by atoms with Gasteiger partial charge in [0.1, 0.15) is 11.5 Å². The fraction of sp³-hybridized carbons (Fsp3) is 0.421. The maximum atomic E-state index is 12.1. The molecule has 5 N–H and O–H groups in total. The first kappa shape index (κ1) is 34.4. The van der Waals surface area contributed by atoms with Crippen LogP contribution < -0.4 is 20.9 Å². The number of rotatable bonds is 18. The van der Waals surface area contributed by atoms with Gasteiger partial charge in [0.05, 0.1) is 25.4 Å². The number of ether oxygens (including phenoxy) is 3. The molecule has 46 heavy (non-hydrogen) atoms. The van der Waals surface area contributed by atoms with Crippen LogP contribution in [0.25, 0.3) is 6.08 Å². The fourth-order valence-corrected chi connectivity index (χ4v) is 5.86. The summed E-state index contributed by atoms with van der Waals surface area (Å²) >= 11 is 0. The summed E-state index contributed by atoms with van der Waals surface area (Å²) in [4.78, 5) is 23.6. The summed E-state index contributed by atoms with van der Waals surface area (Å²) in [6.45, 7) is 1.54. The SMILES string of the molecule is Nc1cc(N)c(CCCCCCOc2ccc(/C=C/C(=O)OCCCCOc3ccc(C4CCCCC4)cc3)cc2)c(C(=O)O)c1. The van der Waals surface area contributed by atoms with Gasteiger partial charge < -0.3 is 30.8 Å². The lowest BCUT2D eigenvalue weighted by molar-refractivity contribution is -0.137. The number of carboxylic acid groups (broad SMARTS) is 1. The second-order valence-corrected chi connectivity index (χ2v) is 12.0. The van der Waals surface area contributed by atoms with Crippen molar-refractivity contribution in [1.82, 2.24) is 0 Å². The molecule has 0 atom stereocenters. The number of nitrogen functional groups attached to an aromatic ring is 2. The minimum atomic E-state index is -1.01. The third-order valence-electron chi connectivity index (χ3n) is 8.43. The van der Waals surface area contributed by atoms with E-state index in [4.69, 9.17) is 25.7 Å². The van der Waals surface area contributed by atoms with E-state index in [1.54, 1.807) is 12.1 Å². The first-order chi connectivity index (χ1) is 22.4. The van der Waals surface area contributed by atoms with Crippen LogP contribution >= 0.6 is 0 Å². The lowest BCUT2D eigenvalue weighted by atomic mass is 9.84. The lowest BCUT2D eigenvalue weighted by Gasteiger charge is -2.22. The van der Waals surface area contributed by atoms with Crippen LogP contribution in [-0.2, 0) is 16.0 Å². The zero-order chi connectivity index (χ0) is 32.6. The van der Waals surface area contributed by atoms with Gasteiger partial charge in [0.15, 0.2) is 0 Å².